The van der Waals surface area contributed by atoms with Crippen molar-refractivity contribution in [2.75, 3.05) is 19.8 Å². The maximum Gasteiger partial charge on any atom is 0.239 e. The number of ether oxygens (including phenoxy) is 3. The number of carbonyl (C=O) groups excluding carboxylic acids is 1. The van der Waals surface area contributed by atoms with Crippen molar-refractivity contribution in [3.63, 3.8) is 0 Å². The second-order valence-electron chi connectivity index (χ2n) is 18.0. The lowest BCUT2D eigenvalue weighted by Crippen LogP contribution is -2.70. The first-order valence-corrected chi connectivity index (χ1v) is 23.3. The van der Waals surface area contributed by atoms with Gasteiger partial charge in [0, 0.05) is 43.6 Å². The number of carbonyl (C=O) groups is 1. The molecule has 1 heterocycles. The Bertz CT molecular complexity index is 2510. The van der Waals surface area contributed by atoms with Crippen molar-refractivity contribution in [2.45, 2.75) is 88.7 Å². The van der Waals surface area contributed by atoms with Gasteiger partial charge in [0.1, 0.15) is 35.7 Å². The van der Waals surface area contributed by atoms with E-state index in [9.17, 15) is 19.4 Å². The second kappa shape index (κ2) is 20.1. The summed E-state index contributed by atoms with van der Waals surface area (Å²) in [5, 5.41) is 27.2. The molecule has 5 aromatic carbocycles. The first kappa shape index (κ1) is 44.4. The number of rotatable bonds is 20. The molecule has 10 heteroatoms. The highest BCUT2D eigenvalue weighted by Crippen LogP contribution is 2.62. The minimum Gasteiger partial charge on any atom is -0.459 e. The Morgan fingerprint density at radius 2 is 1.57 bits per heavy atom. The fraction of sp³-hybridized carbons (Fsp3) is 0.382. The number of amides is 1. The van der Waals surface area contributed by atoms with Crippen LogP contribution in [-0.2, 0) is 27.5 Å². The van der Waals surface area contributed by atoms with E-state index in [2.05, 4.69) is 36.9 Å². The summed E-state index contributed by atoms with van der Waals surface area (Å²) in [5.41, 5.74) is 4.43. The molecule has 9 rings (SSSR count). The number of benzene rings is 5. The average Bonchev–Trinajstić information content (AvgIpc) is 4.19. The van der Waals surface area contributed by atoms with Crippen molar-refractivity contribution >= 4 is 22.4 Å². The predicted molar refractivity (Wildman–Crippen MR) is 250 cm³/mol. The maximum absolute atomic E-state index is 14.9. The Kier molecular flexibility index (Phi) is 13.8. The number of aliphatic hydroxyl groups excluding tert-OH is 2. The minimum absolute atomic E-state index is 0.000140. The molecule has 0 aromatic heterocycles. The average molecular weight is 879 g/mol. The standard InChI is InChI=1S/C55H59FN2O7/c1-2-30-62-55-51(58(54(61)40-20-21-40)35-37-18-23-43(56)24-19-37)34-49(57-63-36-38-12-4-3-5-13-38)47-32-42(16-8-10-28-59)46(17-9-11-29-60)52(53(47)55)48-33-45(26-27-50(48)65-55)64-44-25-22-39-14-6-7-15-41(39)31-44/h2-7,12-15,18-19,22-27,31-33,40,42,46,51-53,59-60H,1,8-11,16-17,20-21,28-30,34-36H2/t42-,46+,51-,52+,53+,55+/m0/s1. The number of hydrogen-bond donors (Lipinski definition) is 2. The summed E-state index contributed by atoms with van der Waals surface area (Å²) >= 11 is 0. The molecule has 2 saturated carbocycles. The summed E-state index contributed by atoms with van der Waals surface area (Å²) in [6.07, 6.45) is 10.5. The van der Waals surface area contributed by atoms with Crippen LogP contribution >= 0.6 is 0 Å². The van der Waals surface area contributed by atoms with Crippen LogP contribution in [0.3, 0.4) is 0 Å². The van der Waals surface area contributed by atoms with Gasteiger partial charge in [0.05, 0.1) is 18.2 Å². The Morgan fingerprint density at radius 3 is 2.32 bits per heavy atom. The second-order valence-corrected chi connectivity index (χ2v) is 18.0. The van der Waals surface area contributed by atoms with Crippen LogP contribution in [0.1, 0.15) is 80.4 Å². The molecule has 9 nitrogen and oxygen atoms in total. The van der Waals surface area contributed by atoms with Gasteiger partial charge in [-0.1, -0.05) is 103 Å². The van der Waals surface area contributed by atoms with Crippen molar-refractivity contribution in [3.8, 4) is 17.2 Å². The number of unbranched alkanes of at least 4 members (excludes halogenated alkanes) is 2. The molecule has 6 atom stereocenters. The molecule has 5 aromatic rings. The highest BCUT2D eigenvalue weighted by molar-refractivity contribution is 6.03. The molecule has 1 aliphatic heterocycles. The molecule has 2 fully saturated rings. The maximum atomic E-state index is 14.9. The molecule has 338 valence electrons. The van der Waals surface area contributed by atoms with Crippen LogP contribution in [-0.4, -0.2) is 58.4 Å². The fourth-order valence-corrected chi connectivity index (χ4v) is 10.5. The van der Waals surface area contributed by atoms with Crippen LogP contribution in [0.25, 0.3) is 10.8 Å². The summed E-state index contributed by atoms with van der Waals surface area (Å²) in [4.78, 5) is 23.1. The monoisotopic (exact) mass is 878 g/mol. The Morgan fingerprint density at radius 1 is 0.846 bits per heavy atom. The quantitative estimate of drug-likeness (QED) is 0.0455. The largest absolute Gasteiger partial charge is 0.459 e. The van der Waals surface area contributed by atoms with Gasteiger partial charge in [0.25, 0.3) is 0 Å². The topological polar surface area (TPSA) is 110 Å². The highest BCUT2D eigenvalue weighted by Gasteiger charge is 2.66. The lowest BCUT2D eigenvalue weighted by Gasteiger charge is -2.60. The molecule has 3 aliphatic carbocycles. The zero-order valence-corrected chi connectivity index (χ0v) is 36.9. The summed E-state index contributed by atoms with van der Waals surface area (Å²) < 4.78 is 35.7. The van der Waals surface area contributed by atoms with Crippen LogP contribution in [0.5, 0.6) is 17.2 Å². The van der Waals surface area contributed by atoms with E-state index in [4.69, 9.17) is 24.2 Å². The van der Waals surface area contributed by atoms with Gasteiger partial charge in [-0.15, -0.1) is 6.58 Å². The number of allylic oxidation sites excluding steroid dienone is 1. The third-order valence-corrected chi connectivity index (χ3v) is 13.7. The van der Waals surface area contributed by atoms with E-state index in [0.717, 1.165) is 77.3 Å². The van der Waals surface area contributed by atoms with Crippen LogP contribution in [0.15, 0.2) is 145 Å². The zero-order chi connectivity index (χ0) is 44.8. The van der Waals surface area contributed by atoms with E-state index >= 15 is 0 Å². The zero-order valence-electron chi connectivity index (χ0n) is 36.9. The molecule has 65 heavy (non-hydrogen) atoms. The lowest BCUT2D eigenvalue weighted by molar-refractivity contribution is -0.258. The number of aliphatic hydroxyl groups is 2. The Hall–Kier alpha value is -5.81. The van der Waals surface area contributed by atoms with Gasteiger partial charge in [-0.3, -0.25) is 4.79 Å². The van der Waals surface area contributed by atoms with Gasteiger partial charge in [0.2, 0.25) is 11.7 Å². The number of nitrogens with zero attached hydrogens (tertiary/aromatic N) is 2. The summed E-state index contributed by atoms with van der Waals surface area (Å²) in [6.45, 7) is 4.89. The van der Waals surface area contributed by atoms with Crippen LogP contribution in [0, 0.1) is 29.5 Å². The number of fused-ring (bicyclic) bond motifs is 3. The van der Waals surface area contributed by atoms with E-state index in [0.29, 0.717) is 30.1 Å². The van der Waals surface area contributed by atoms with Gasteiger partial charge in [-0.25, -0.2) is 4.39 Å². The van der Waals surface area contributed by atoms with E-state index in [1.54, 1.807) is 18.2 Å². The lowest BCUT2D eigenvalue weighted by atomic mass is 9.55. The fourth-order valence-electron chi connectivity index (χ4n) is 10.5. The van der Waals surface area contributed by atoms with Crippen LogP contribution in [0.4, 0.5) is 4.39 Å². The van der Waals surface area contributed by atoms with Crippen molar-refractivity contribution < 1.29 is 38.4 Å². The molecule has 0 spiro atoms. The number of halogens is 1. The first-order valence-electron chi connectivity index (χ1n) is 23.3. The van der Waals surface area contributed by atoms with Crippen molar-refractivity contribution in [1.29, 1.82) is 0 Å². The molecule has 0 radical (unpaired) electrons. The van der Waals surface area contributed by atoms with Crippen molar-refractivity contribution in [3.05, 3.63) is 162 Å². The summed E-state index contributed by atoms with van der Waals surface area (Å²) in [7, 11) is 0. The van der Waals surface area contributed by atoms with Gasteiger partial charge in [-0.2, -0.15) is 0 Å². The number of hydrogen-bond acceptors (Lipinski definition) is 8. The van der Waals surface area contributed by atoms with Gasteiger partial charge in [0.15, 0.2) is 0 Å². The van der Waals surface area contributed by atoms with E-state index in [-0.39, 0.29) is 74.8 Å². The van der Waals surface area contributed by atoms with Crippen molar-refractivity contribution in [1.82, 2.24) is 4.90 Å². The van der Waals surface area contributed by atoms with Gasteiger partial charge in [-0.05, 0) is 120 Å². The third kappa shape index (κ3) is 9.62. The molecule has 1 amide bonds. The van der Waals surface area contributed by atoms with E-state index < -0.39 is 17.7 Å². The molecular formula is C55H59FN2O7. The minimum atomic E-state index is -1.41. The summed E-state index contributed by atoms with van der Waals surface area (Å²) in [5.74, 6) is -0.439. The van der Waals surface area contributed by atoms with Gasteiger partial charge >= 0.3 is 0 Å². The predicted octanol–water partition coefficient (Wildman–Crippen LogP) is 11.0. The molecule has 4 aliphatic rings. The van der Waals surface area contributed by atoms with E-state index in [1.807, 2.05) is 71.6 Å². The van der Waals surface area contributed by atoms with Crippen LogP contribution in [0.2, 0.25) is 0 Å². The Labute approximate surface area is 381 Å². The van der Waals surface area contributed by atoms with Crippen LogP contribution < -0.4 is 9.47 Å². The highest BCUT2D eigenvalue weighted by atomic mass is 19.1. The molecule has 0 bridgehead atoms. The SMILES string of the molecule is C=CCO[C@@]12Oc3ccc(Oc4ccc5ccccc5c4)cc3[C@H]3[C@H](CCCCO)[C@@H](CCCCO)C=C(C(=NOCc4ccccc4)C[C@@H]1N(Cc1ccc(F)cc1)C(=O)C1CC1)[C@H]32. The summed E-state index contributed by atoms with van der Waals surface area (Å²) in [6, 6.07) is 35.9. The first-order chi connectivity index (χ1) is 31.9. The molecule has 0 saturated heterocycles. The molecular weight excluding hydrogens is 820 g/mol. The normalized spacial score (nSPS) is 23.8. The molecule has 2 N–H and O–H groups in total. The molecule has 0 unspecified atom stereocenters. The van der Waals surface area contributed by atoms with Crippen molar-refractivity contribution in [2.24, 2.45) is 28.8 Å². The van der Waals surface area contributed by atoms with Gasteiger partial charge < -0.3 is 34.2 Å². The smallest absolute Gasteiger partial charge is 0.239 e. The third-order valence-electron chi connectivity index (χ3n) is 13.7. The Balaban J connectivity index is 1.23. The number of oxime groups is 1. The van der Waals surface area contributed by atoms with E-state index in [1.165, 1.54) is 12.1 Å².